The number of quaternary nitrogens is 1. The van der Waals surface area contributed by atoms with Crippen LogP contribution in [0, 0.1) is 5.92 Å². The van der Waals surface area contributed by atoms with Crippen LogP contribution in [0.3, 0.4) is 0 Å². The predicted octanol–water partition coefficient (Wildman–Crippen LogP) is 3.23. The van der Waals surface area contributed by atoms with Crippen LogP contribution in [0.25, 0.3) is 0 Å². The lowest BCUT2D eigenvalue weighted by Gasteiger charge is -2.44. The van der Waals surface area contributed by atoms with Gasteiger partial charge in [0.05, 0.1) is 20.6 Å². The number of hydrogen-bond acceptors (Lipinski definition) is 0. The van der Waals surface area contributed by atoms with E-state index in [2.05, 4.69) is 51.4 Å². The summed E-state index contributed by atoms with van der Waals surface area (Å²) in [5.74, 6) is 0.875. The van der Waals surface area contributed by atoms with Crippen LogP contribution < -0.4 is 0 Å². The lowest BCUT2D eigenvalue weighted by Crippen LogP contribution is -2.49. The number of likely N-dealkylation sites (tertiary alicyclic amines) is 1. The van der Waals surface area contributed by atoms with Gasteiger partial charge in [-0.1, -0.05) is 37.3 Å². The summed E-state index contributed by atoms with van der Waals surface area (Å²) in [5, 5.41) is 0. The Morgan fingerprint density at radius 1 is 1.07 bits per heavy atom. The van der Waals surface area contributed by atoms with E-state index in [1.54, 1.807) is 0 Å². The molecule has 0 aliphatic carbocycles. The van der Waals surface area contributed by atoms with Crippen molar-refractivity contribution in [1.82, 2.24) is 0 Å². The minimum atomic E-state index is 0.697. The van der Waals surface area contributed by atoms with Gasteiger partial charge in [0.2, 0.25) is 0 Å². The van der Waals surface area contributed by atoms with Gasteiger partial charge in [-0.2, -0.15) is 0 Å². The van der Waals surface area contributed by atoms with E-state index in [1.165, 1.54) is 24.9 Å². The second-order valence-corrected chi connectivity index (χ2v) is 5.57. The molecule has 1 aromatic rings. The molecule has 1 nitrogen and oxygen atoms in total. The van der Waals surface area contributed by atoms with Gasteiger partial charge in [0, 0.05) is 17.9 Å². The van der Waals surface area contributed by atoms with Crippen molar-refractivity contribution < 1.29 is 4.48 Å². The zero-order chi connectivity index (χ0) is 10.9. The van der Waals surface area contributed by atoms with Crippen LogP contribution in [0.15, 0.2) is 30.3 Å². The summed E-state index contributed by atoms with van der Waals surface area (Å²) >= 11 is 0. The van der Waals surface area contributed by atoms with E-state index in [0.717, 1.165) is 10.4 Å². The number of benzene rings is 1. The lowest BCUT2D eigenvalue weighted by atomic mass is 9.88. The van der Waals surface area contributed by atoms with E-state index in [4.69, 9.17) is 0 Å². The molecule has 1 aliphatic heterocycles. The first kappa shape index (κ1) is 10.7. The fourth-order valence-corrected chi connectivity index (χ4v) is 3.06. The van der Waals surface area contributed by atoms with Crippen molar-refractivity contribution in [3.8, 4) is 0 Å². The molecule has 82 valence electrons. The van der Waals surface area contributed by atoms with Gasteiger partial charge >= 0.3 is 0 Å². The SMILES string of the molecule is CC1CCC(c2ccccc2)[N+](C)(C)C1. The third-order valence-electron chi connectivity index (χ3n) is 3.74. The topological polar surface area (TPSA) is 0 Å². The Balaban J connectivity index is 2.23. The minimum absolute atomic E-state index is 0.697. The Hall–Kier alpha value is -0.820. The van der Waals surface area contributed by atoms with E-state index in [9.17, 15) is 0 Å². The Labute approximate surface area is 93.3 Å². The fraction of sp³-hybridized carbons (Fsp3) is 0.571. The average molecular weight is 204 g/mol. The van der Waals surface area contributed by atoms with Crippen molar-refractivity contribution in [2.24, 2.45) is 5.92 Å². The van der Waals surface area contributed by atoms with E-state index >= 15 is 0 Å². The summed E-state index contributed by atoms with van der Waals surface area (Å²) in [5.41, 5.74) is 1.51. The van der Waals surface area contributed by atoms with Gasteiger partial charge in [-0.3, -0.25) is 0 Å². The van der Waals surface area contributed by atoms with Crippen molar-refractivity contribution in [2.45, 2.75) is 25.8 Å². The van der Waals surface area contributed by atoms with Crippen molar-refractivity contribution in [3.63, 3.8) is 0 Å². The first-order chi connectivity index (χ1) is 7.09. The normalized spacial score (nSPS) is 30.1. The Morgan fingerprint density at radius 3 is 2.33 bits per heavy atom. The van der Waals surface area contributed by atoms with Crippen molar-refractivity contribution in [3.05, 3.63) is 35.9 Å². The molecule has 1 aliphatic rings. The molecule has 0 amide bonds. The van der Waals surface area contributed by atoms with Gasteiger partial charge in [0.25, 0.3) is 0 Å². The molecule has 2 unspecified atom stereocenters. The predicted molar refractivity (Wildman–Crippen MR) is 64.6 cm³/mol. The van der Waals surface area contributed by atoms with Gasteiger partial charge < -0.3 is 4.48 Å². The molecule has 0 radical (unpaired) electrons. The molecule has 1 aromatic carbocycles. The van der Waals surface area contributed by atoms with Crippen LogP contribution in [-0.2, 0) is 0 Å². The second-order valence-electron chi connectivity index (χ2n) is 5.57. The standard InChI is InChI=1S/C14H22N/c1-12-9-10-14(15(2,3)11-12)13-7-5-4-6-8-13/h4-8,12,14H,9-11H2,1-3H3/q+1. The summed E-state index contributed by atoms with van der Waals surface area (Å²) in [6.45, 7) is 3.68. The fourth-order valence-electron chi connectivity index (χ4n) is 3.06. The Kier molecular flexibility index (Phi) is 2.83. The summed E-state index contributed by atoms with van der Waals surface area (Å²) in [4.78, 5) is 0. The van der Waals surface area contributed by atoms with Crippen molar-refractivity contribution >= 4 is 0 Å². The maximum Gasteiger partial charge on any atom is 0.114 e. The number of rotatable bonds is 1. The monoisotopic (exact) mass is 204 g/mol. The van der Waals surface area contributed by atoms with Crippen LogP contribution in [-0.4, -0.2) is 25.1 Å². The molecule has 2 rings (SSSR count). The molecule has 0 N–H and O–H groups in total. The van der Waals surface area contributed by atoms with Gasteiger partial charge in [-0.25, -0.2) is 0 Å². The highest BCUT2D eigenvalue weighted by Gasteiger charge is 2.35. The lowest BCUT2D eigenvalue weighted by molar-refractivity contribution is -0.929. The Bertz CT molecular complexity index is 315. The second kappa shape index (κ2) is 3.97. The molecular formula is C14H22N+. The molecule has 0 bridgehead atoms. The number of nitrogens with zero attached hydrogens (tertiary/aromatic N) is 1. The number of hydrogen-bond donors (Lipinski definition) is 0. The highest BCUT2D eigenvalue weighted by atomic mass is 15.3. The third kappa shape index (κ3) is 2.23. The van der Waals surface area contributed by atoms with Gasteiger partial charge in [-0.15, -0.1) is 0 Å². The summed E-state index contributed by atoms with van der Waals surface area (Å²) in [6.07, 6.45) is 2.71. The quantitative estimate of drug-likeness (QED) is 0.616. The van der Waals surface area contributed by atoms with Gasteiger partial charge in [0.1, 0.15) is 6.04 Å². The first-order valence-corrected chi connectivity index (χ1v) is 5.97. The maximum absolute atomic E-state index is 2.38. The molecule has 15 heavy (non-hydrogen) atoms. The van der Waals surface area contributed by atoms with E-state index in [1.807, 2.05) is 0 Å². The van der Waals surface area contributed by atoms with Crippen LogP contribution in [0.1, 0.15) is 31.4 Å². The van der Waals surface area contributed by atoms with Gasteiger partial charge in [0.15, 0.2) is 0 Å². The Morgan fingerprint density at radius 2 is 1.73 bits per heavy atom. The zero-order valence-electron chi connectivity index (χ0n) is 10.1. The van der Waals surface area contributed by atoms with Crippen LogP contribution in [0.5, 0.6) is 0 Å². The molecule has 0 spiro atoms. The highest BCUT2D eigenvalue weighted by Crippen LogP contribution is 2.36. The molecule has 1 heterocycles. The summed E-state index contributed by atoms with van der Waals surface area (Å²) < 4.78 is 1.14. The van der Waals surface area contributed by atoms with E-state index in [-0.39, 0.29) is 0 Å². The van der Waals surface area contributed by atoms with Crippen LogP contribution in [0.4, 0.5) is 0 Å². The minimum Gasteiger partial charge on any atom is -0.322 e. The molecule has 1 fully saturated rings. The third-order valence-corrected chi connectivity index (χ3v) is 3.74. The smallest absolute Gasteiger partial charge is 0.114 e. The molecule has 2 atom stereocenters. The molecule has 1 heteroatoms. The summed E-state index contributed by atoms with van der Waals surface area (Å²) in [7, 11) is 4.74. The first-order valence-electron chi connectivity index (χ1n) is 5.97. The maximum atomic E-state index is 2.38. The van der Waals surface area contributed by atoms with Crippen LogP contribution in [0.2, 0.25) is 0 Å². The van der Waals surface area contributed by atoms with E-state index < -0.39 is 0 Å². The molecule has 0 saturated carbocycles. The largest absolute Gasteiger partial charge is 0.322 e. The molecule has 1 saturated heterocycles. The van der Waals surface area contributed by atoms with Crippen molar-refractivity contribution in [2.75, 3.05) is 20.6 Å². The van der Waals surface area contributed by atoms with E-state index in [0.29, 0.717) is 6.04 Å². The number of piperidine rings is 1. The molecular weight excluding hydrogens is 182 g/mol. The van der Waals surface area contributed by atoms with Crippen LogP contribution >= 0.6 is 0 Å². The van der Waals surface area contributed by atoms with Gasteiger partial charge in [-0.05, 0) is 6.42 Å². The molecule has 0 aromatic heterocycles. The average Bonchev–Trinajstić information content (AvgIpc) is 2.17. The van der Waals surface area contributed by atoms with Crippen molar-refractivity contribution in [1.29, 1.82) is 0 Å². The zero-order valence-corrected chi connectivity index (χ0v) is 10.1. The highest BCUT2D eigenvalue weighted by molar-refractivity contribution is 5.17. The summed E-state index contributed by atoms with van der Waals surface area (Å²) in [6, 6.07) is 11.7.